The zero-order chi connectivity index (χ0) is 10.9. The summed E-state index contributed by atoms with van der Waals surface area (Å²) in [6.45, 7) is 0. The maximum Gasteiger partial charge on any atom is 1.00 e. The molecule has 0 aromatic heterocycles. The zero-order valence-electron chi connectivity index (χ0n) is 8.58. The van der Waals surface area contributed by atoms with E-state index in [2.05, 4.69) is 0 Å². The third kappa shape index (κ3) is 2.55. The third-order valence-corrected chi connectivity index (χ3v) is 1.49. The smallest absolute Gasteiger partial charge is 1.00 e. The van der Waals surface area contributed by atoms with E-state index in [1.165, 1.54) is 0 Å². The van der Waals surface area contributed by atoms with E-state index in [1.807, 2.05) is 0 Å². The predicted octanol–water partition coefficient (Wildman–Crippen LogP) is -1.97. The van der Waals surface area contributed by atoms with Crippen LogP contribution in [0.1, 0.15) is 1.43 Å². The molecule has 0 amide bonds. The van der Waals surface area contributed by atoms with E-state index in [1.54, 1.807) is 0 Å². The van der Waals surface area contributed by atoms with Crippen molar-refractivity contribution in [3.63, 3.8) is 0 Å². The number of aromatic hydroxyl groups is 2. The van der Waals surface area contributed by atoms with E-state index in [9.17, 15) is 20.2 Å². The molecule has 0 aliphatic heterocycles. The Bertz CT molecular complexity index is 426. The number of rotatable bonds is 2. The van der Waals surface area contributed by atoms with Gasteiger partial charge < -0.3 is 11.6 Å². The summed E-state index contributed by atoms with van der Waals surface area (Å²) >= 11 is 0. The van der Waals surface area contributed by atoms with Gasteiger partial charge in [-0.1, -0.05) is 0 Å². The van der Waals surface area contributed by atoms with Crippen LogP contribution in [-0.2, 0) is 0 Å². The van der Waals surface area contributed by atoms with Crippen LogP contribution in [0, 0.1) is 20.2 Å². The molecule has 0 unspecified atom stereocenters. The van der Waals surface area contributed by atoms with Gasteiger partial charge in [-0.3, -0.25) is 20.2 Å². The first-order valence-corrected chi connectivity index (χ1v) is 3.29. The fourth-order valence-electron chi connectivity index (χ4n) is 0.886. The second-order valence-electron chi connectivity index (χ2n) is 2.32. The number of phenols is 2. The minimum atomic E-state index is -1.15. The SMILES string of the molecule is O=[N+]([O-])c1ccc(O)c([N+](=O)[O-])c1O.[H-].[Na+]. The Morgan fingerprint density at radius 2 is 1.67 bits per heavy atom. The summed E-state index contributed by atoms with van der Waals surface area (Å²) in [5.74, 6) is -1.97. The minimum Gasteiger partial charge on any atom is -1.00 e. The van der Waals surface area contributed by atoms with Crippen LogP contribution >= 0.6 is 0 Å². The first-order valence-electron chi connectivity index (χ1n) is 3.29. The summed E-state index contributed by atoms with van der Waals surface area (Å²) in [4.78, 5) is 18.4. The van der Waals surface area contributed by atoms with Crippen LogP contribution in [0.4, 0.5) is 11.4 Å². The van der Waals surface area contributed by atoms with Crippen molar-refractivity contribution < 1.29 is 51.0 Å². The molecule has 0 saturated carbocycles. The molecule has 0 radical (unpaired) electrons. The van der Waals surface area contributed by atoms with Gasteiger partial charge in [0.25, 0.3) is 5.75 Å². The summed E-state index contributed by atoms with van der Waals surface area (Å²) in [6.07, 6.45) is 0. The van der Waals surface area contributed by atoms with Crippen molar-refractivity contribution in [2.45, 2.75) is 0 Å². The molecule has 0 bridgehead atoms. The third-order valence-electron chi connectivity index (χ3n) is 1.49. The molecule has 0 aliphatic carbocycles. The molecule has 15 heavy (non-hydrogen) atoms. The molecule has 0 fully saturated rings. The van der Waals surface area contributed by atoms with Gasteiger partial charge in [-0.25, -0.2) is 0 Å². The largest absolute Gasteiger partial charge is 1.00 e. The maximum absolute atomic E-state index is 10.3. The van der Waals surface area contributed by atoms with Gasteiger partial charge in [0, 0.05) is 6.07 Å². The number of hydrogen-bond donors (Lipinski definition) is 2. The fourth-order valence-corrected chi connectivity index (χ4v) is 0.886. The Morgan fingerprint density at radius 1 is 1.13 bits per heavy atom. The Labute approximate surface area is 106 Å². The molecule has 0 saturated heterocycles. The van der Waals surface area contributed by atoms with E-state index in [-0.39, 0.29) is 31.0 Å². The molecule has 1 aromatic rings. The second-order valence-corrected chi connectivity index (χ2v) is 2.32. The number of nitro groups is 2. The van der Waals surface area contributed by atoms with Gasteiger partial charge >= 0.3 is 40.9 Å². The maximum atomic E-state index is 10.3. The first kappa shape index (κ1) is 13.6. The number of phenolic OH excluding ortho intramolecular Hbond substituents is 2. The van der Waals surface area contributed by atoms with Crippen LogP contribution < -0.4 is 29.6 Å². The quantitative estimate of drug-likeness (QED) is 0.341. The van der Waals surface area contributed by atoms with Gasteiger partial charge in [0.15, 0.2) is 5.75 Å². The van der Waals surface area contributed by atoms with Crippen molar-refractivity contribution in [3.8, 4) is 11.5 Å². The number of nitrogens with zero attached hydrogens (tertiary/aromatic N) is 2. The van der Waals surface area contributed by atoms with Crippen LogP contribution in [0.2, 0.25) is 0 Å². The van der Waals surface area contributed by atoms with Crippen LogP contribution in [0.5, 0.6) is 11.5 Å². The Kier molecular flexibility index (Phi) is 4.46. The van der Waals surface area contributed by atoms with Crippen molar-refractivity contribution in [1.29, 1.82) is 0 Å². The predicted molar refractivity (Wildman–Crippen MR) is 44.2 cm³/mol. The fraction of sp³-hybridized carbons (Fsp3) is 0. The monoisotopic (exact) mass is 224 g/mol. The van der Waals surface area contributed by atoms with Gasteiger partial charge in [-0.2, -0.15) is 0 Å². The van der Waals surface area contributed by atoms with Crippen molar-refractivity contribution in [2.75, 3.05) is 0 Å². The van der Waals surface area contributed by atoms with Crippen molar-refractivity contribution >= 4 is 11.4 Å². The number of benzene rings is 1. The second kappa shape index (κ2) is 4.91. The number of hydrogen-bond acceptors (Lipinski definition) is 6. The zero-order valence-corrected chi connectivity index (χ0v) is 9.58. The first-order chi connectivity index (χ1) is 6.45. The Morgan fingerprint density at radius 3 is 2.07 bits per heavy atom. The van der Waals surface area contributed by atoms with E-state index in [0.29, 0.717) is 0 Å². The molecule has 8 nitrogen and oxygen atoms in total. The summed E-state index contributed by atoms with van der Waals surface area (Å²) in [6, 6.07) is 1.55. The van der Waals surface area contributed by atoms with Crippen LogP contribution in [0.15, 0.2) is 12.1 Å². The Balaban J connectivity index is 0. The molecule has 2 N–H and O–H groups in total. The van der Waals surface area contributed by atoms with Gasteiger partial charge in [-0.05, 0) is 6.07 Å². The van der Waals surface area contributed by atoms with E-state index >= 15 is 0 Å². The van der Waals surface area contributed by atoms with Gasteiger partial charge in [0.05, 0.1) is 9.85 Å². The summed E-state index contributed by atoms with van der Waals surface area (Å²) in [5, 5.41) is 38.5. The van der Waals surface area contributed by atoms with Crippen molar-refractivity contribution in [2.24, 2.45) is 0 Å². The average Bonchev–Trinajstić information content (AvgIpc) is 2.02. The molecule has 0 spiro atoms. The average molecular weight is 224 g/mol. The van der Waals surface area contributed by atoms with E-state index in [4.69, 9.17) is 10.2 Å². The molecule has 0 aliphatic rings. The molecule has 9 heteroatoms. The van der Waals surface area contributed by atoms with Crippen molar-refractivity contribution in [3.05, 3.63) is 32.4 Å². The summed E-state index contributed by atoms with van der Waals surface area (Å²) in [7, 11) is 0. The molecular weight excluding hydrogens is 219 g/mol. The standard InChI is InChI=1S/C6H4N2O6.Na.H/c9-4-2-1-3(7(11)12)6(10)5(4)8(13)14;;/h1-2,9-10H;;/q;+1;-1. The van der Waals surface area contributed by atoms with Gasteiger partial charge in [0.1, 0.15) is 0 Å². The molecule has 76 valence electrons. The normalized spacial score (nSPS) is 9.07. The van der Waals surface area contributed by atoms with E-state index < -0.39 is 32.7 Å². The summed E-state index contributed by atoms with van der Waals surface area (Å²) < 4.78 is 0. The van der Waals surface area contributed by atoms with Crippen molar-refractivity contribution in [1.82, 2.24) is 0 Å². The molecule has 0 heterocycles. The Hall–Kier alpha value is -1.38. The molecule has 1 aromatic carbocycles. The van der Waals surface area contributed by atoms with Crippen LogP contribution in [0.25, 0.3) is 0 Å². The van der Waals surface area contributed by atoms with Gasteiger partial charge in [-0.15, -0.1) is 0 Å². The molecular formula is C6H5N2NaO6. The molecule has 0 atom stereocenters. The summed E-state index contributed by atoms with van der Waals surface area (Å²) in [5.41, 5.74) is -1.89. The minimum absolute atomic E-state index is 0. The number of nitro benzene ring substituents is 2. The topological polar surface area (TPSA) is 127 Å². The van der Waals surface area contributed by atoms with E-state index in [0.717, 1.165) is 12.1 Å². The molecule has 1 rings (SSSR count). The van der Waals surface area contributed by atoms with Gasteiger partial charge in [0.2, 0.25) is 0 Å². The van der Waals surface area contributed by atoms with Crippen LogP contribution in [-0.4, -0.2) is 20.1 Å². The van der Waals surface area contributed by atoms with Crippen LogP contribution in [0.3, 0.4) is 0 Å².